The molecule has 4 bridgehead atoms. The number of nitrogens with one attached hydrogen (secondary N) is 2. The first-order valence-corrected chi connectivity index (χ1v) is 11.5. The summed E-state index contributed by atoms with van der Waals surface area (Å²) in [7, 11) is 0. The van der Waals surface area contributed by atoms with Crippen LogP contribution >= 0.6 is 0 Å². The number of furan rings is 2. The highest BCUT2D eigenvalue weighted by atomic mass is 16.3. The van der Waals surface area contributed by atoms with Crippen LogP contribution in [-0.4, -0.2) is 28.9 Å². The van der Waals surface area contributed by atoms with Gasteiger partial charge in [0.25, 0.3) is 0 Å². The van der Waals surface area contributed by atoms with Crippen molar-refractivity contribution >= 4 is 11.9 Å². The molecule has 0 saturated heterocycles. The molecular weight excluding hydrogens is 394 g/mol. The second kappa shape index (κ2) is 8.44. The van der Waals surface area contributed by atoms with Gasteiger partial charge in [-0.25, -0.2) is 4.79 Å². The Balaban J connectivity index is 1.12. The maximum absolute atomic E-state index is 12.9. The van der Waals surface area contributed by atoms with E-state index in [4.69, 9.17) is 8.83 Å². The Morgan fingerprint density at radius 2 is 1.48 bits per heavy atom. The monoisotopic (exact) mass is 425 g/mol. The first-order valence-electron chi connectivity index (χ1n) is 11.5. The van der Waals surface area contributed by atoms with Crippen LogP contribution in [0, 0.1) is 17.8 Å². The number of rotatable bonds is 8. The van der Waals surface area contributed by atoms with Crippen LogP contribution in [0.2, 0.25) is 0 Å². The molecule has 4 aliphatic rings. The van der Waals surface area contributed by atoms with Crippen LogP contribution in [0.3, 0.4) is 0 Å². The molecule has 0 aromatic carbocycles. The Morgan fingerprint density at radius 3 is 1.97 bits per heavy atom. The summed E-state index contributed by atoms with van der Waals surface area (Å²) in [6, 6.07) is 7.17. The molecule has 0 radical (unpaired) electrons. The average molecular weight is 426 g/mol. The number of carbonyl (C=O) groups excluding carboxylic acids is 2. The highest BCUT2D eigenvalue weighted by molar-refractivity contribution is 5.78. The van der Waals surface area contributed by atoms with E-state index in [1.165, 1.54) is 19.3 Å². The molecule has 166 valence electrons. The Bertz CT molecular complexity index is 819. The van der Waals surface area contributed by atoms with Crippen LogP contribution in [0.5, 0.6) is 0 Å². The van der Waals surface area contributed by atoms with Crippen molar-refractivity contribution < 1.29 is 18.4 Å². The van der Waals surface area contributed by atoms with Crippen molar-refractivity contribution in [3.63, 3.8) is 0 Å². The molecule has 2 N–H and O–H groups in total. The van der Waals surface area contributed by atoms with Crippen molar-refractivity contribution in [2.45, 2.75) is 63.6 Å². The van der Waals surface area contributed by atoms with Crippen molar-refractivity contribution in [1.82, 2.24) is 15.5 Å². The third-order valence-electron chi connectivity index (χ3n) is 7.25. The largest absolute Gasteiger partial charge is 0.467 e. The molecule has 6 rings (SSSR count). The zero-order valence-electron chi connectivity index (χ0n) is 17.8. The number of urea groups is 1. The minimum Gasteiger partial charge on any atom is -0.467 e. The SMILES string of the molecule is O=C(NCCC(=O)N(Cc1ccco1)Cc1ccco1)NC12CC3CC(CC(C3)C1)C2. The topological polar surface area (TPSA) is 87.7 Å². The summed E-state index contributed by atoms with van der Waals surface area (Å²) >= 11 is 0. The van der Waals surface area contributed by atoms with Gasteiger partial charge < -0.3 is 24.4 Å². The number of hydrogen-bond acceptors (Lipinski definition) is 4. The molecule has 0 unspecified atom stereocenters. The lowest BCUT2D eigenvalue weighted by Crippen LogP contribution is -2.61. The molecule has 0 atom stereocenters. The lowest BCUT2D eigenvalue weighted by atomic mass is 9.53. The highest BCUT2D eigenvalue weighted by Gasteiger charge is 2.51. The Morgan fingerprint density at radius 1 is 0.935 bits per heavy atom. The van der Waals surface area contributed by atoms with Crippen LogP contribution in [0.4, 0.5) is 4.79 Å². The van der Waals surface area contributed by atoms with E-state index >= 15 is 0 Å². The summed E-state index contributed by atoms with van der Waals surface area (Å²) in [4.78, 5) is 27.2. The van der Waals surface area contributed by atoms with Gasteiger partial charge in [0, 0.05) is 18.5 Å². The molecule has 3 amide bonds. The van der Waals surface area contributed by atoms with E-state index in [-0.39, 0.29) is 23.9 Å². The zero-order valence-corrected chi connectivity index (χ0v) is 17.8. The third-order valence-corrected chi connectivity index (χ3v) is 7.25. The zero-order chi connectivity index (χ0) is 21.3. The second-order valence-electron chi connectivity index (χ2n) is 9.74. The van der Waals surface area contributed by atoms with Gasteiger partial charge in [-0.2, -0.15) is 0 Å². The Labute approximate surface area is 182 Å². The number of hydrogen-bond donors (Lipinski definition) is 2. The van der Waals surface area contributed by atoms with E-state index in [1.807, 2.05) is 12.1 Å². The predicted molar refractivity (Wildman–Crippen MR) is 114 cm³/mol. The maximum Gasteiger partial charge on any atom is 0.315 e. The van der Waals surface area contributed by atoms with Crippen molar-refractivity contribution in [3.8, 4) is 0 Å². The fourth-order valence-electron chi connectivity index (χ4n) is 6.40. The van der Waals surface area contributed by atoms with Gasteiger partial charge >= 0.3 is 6.03 Å². The van der Waals surface area contributed by atoms with Crippen molar-refractivity contribution in [3.05, 3.63) is 48.3 Å². The summed E-state index contributed by atoms with van der Waals surface area (Å²) < 4.78 is 10.8. The minimum atomic E-state index is -0.140. The maximum atomic E-state index is 12.9. The predicted octanol–water partition coefficient (Wildman–Crippen LogP) is 4.06. The molecule has 0 spiro atoms. The summed E-state index contributed by atoms with van der Waals surface area (Å²) in [5.41, 5.74) is -0.0204. The van der Waals surface area contributed by atoms with Gasteiger partial charge in [0.15, 0.2) is 0 Å². The van der Waals surface area contributed by atoms with E-state index in [0.717, 1.165) is 37.0 Å². The molecule has 7 nitrogen and oxygen atoms in total. The lowest BCUT2D eigenvalue weighted by molar-refractivity contribution is -0.132. The third kappa shape index (κ3) is 4.65. The molecule has 0 aliphatic heterocycles. The average Bonchev–Trinajstić information content (AvgIpc) is 3.40. The van der Waals surface area contributed by atoms with E-state index < -0.39 is 0 Å². The smallest absolute Gasteiger partial charge is 0.315 e. The summed E-state index contributed by atoms with van der Waals surface area (Å²) in [6.07, 6.45) is 10.8. The van der Waals surface area contributed by atoms with Gasteiger partial charge in [0.1, 0.15) is 11.5 Å². The molecular formula is C24H31N3O4. The van der Waals surface area contributed by atoms with Crippen LogP contribution in [0.25, 0.3) is 0 Å². The minimum absolute atomic E-state index is 0.0204. The number of carbonyl (C=O) groups is 2. The summed E-state index contributed by atoms with van der Waals surface area (Å²) in [5.74, 6) is 3.72. The standard InChI is InChI=1S/C24H31N3O4/c28-22(27(15-20-3-1-7-30-20)16-21-4-2-8-31-21)5-6-25-23(29)26-24-12-17-9-18(13-24)11-19(10-17)14-24/h1-4,7-8,17-19H,5-6,9-16H2,(H2,25,26,29). The van der Waals surface area contributed by atoms with Crippen molar-refractivity contribution in [1.29, 1.82) is 0 Å². The van der Waals surface area contributed by atoms with Crippen LogP contribution in [-0.2, 0) is 17.9 Å². The first-order chi connectivity index (χ1) is 15.1. The first kappa shape index (κ1) is 20.2. The van der Waals surface area contributed by atoms with Crippen molar-refractivity contribution in [2.24, 2.45) is 17.8 Å². The van der Waals surface area contributed by atoms with Gasteiger partial charge in [-0.1, -0.05) is 0 Å². The Hall–Kier alpha value is -2.70. The molecule has 2 heterocycles. The van der Waals surface area contributed by atoms with E-state index in [2.05, 4.69) is 10.6 Å². The van der Waals surface area contributed by atoms with Crippen LogP contribution < -0.4 is 10.6 Å². The van der Waals surface area contributed by atoms with Crippen LogP contribution in [0.15, 0.2) is 45.6 Å². The summed E-state index contributed by atoms with van der Waals surface area (Å²) in [6.45, 7) is 1.04. The van der Waals surface area contributed by atoms with Crippen LogP contribution in [0.1, 0.15) is 56.5 Å². The fraction of sp³-hybridized carbons (Fsp3) is 0.583. The molecule has 31 heavy (non-hydrogen) atoms. The van der Waals surface area contributed by atoms with Gasteiger partial charge in [-0.05, 0) is 80.5 Å². The second-order valence-corrected chi connectivity index (χ2v) is 9.74. The molecule has 2 aromatic rings. The van der Waals surface area contributed by atoms with Gasteiger partial charge in [0.05, 0.1) is 25.6 Å². The highest BCUT2D eigenvalue weighted by Crippen LogP contribution is 2.55. The molecule has 4 fully saturated rings. The molecule has 7 heteroatoms. The van der Waals surface area contributed by atoms with E-state index in [0.29, 0.717) is 31.2 Å². The van der Waals surface area contributed by atoms with Gasteiger partial charge in [-0.15, -0.1) is 0 Å². The normalized spacial score (nSPS) is 28.5. The van der Waals surface area contributed by atoms with E-state index in [1.54, 1.807) is 29.6 Å². The molecule has 2 aromatic heterocycles. The Kier molecular flexibility index (Phi) is 5.50. The van der Waals surface area contributed by atoms with E-state index in [9.17, 15) is 9.59 Å². The van der Waals surface area contributed by atoms with Crippen molar-refractivity contribution in [2.75, 3.05) is 6.54 Å². The lowest BCUT2D eigenvalue weighted by Gasteiger charge is -2.56. The fourth-order valence-corrected chi connectivity index (χ4v) is 6.40. The van der Waals surface area contributed by atoms with Gasteiger partial charge in [0.2, 0.25) is 5.91 Å². The summed E-state index contributed by atoms with van der Waals surface area (Å²) in [5, 5.41) is 6.21. The quantitative estimate of drug-likeness (QED) is 0.668. The molecule has 4 saturated carbocycles. The van der Waals surface area contributed by atoms with Gasteiger partial charge in [-0.3, -0.25) is 4.79 Å². The molecule has 4 aliphatic carbocycles. The number of amides is 3. The number of nitrogens with zero attached hydrogens (tertiary/aromatic N) is 1.